The van der Waals surface area contributed by atoms with Crippen LogP contribution in [0.15, 0.2) is 78.9 Å². The lowest BCUT2D eigenvalue weighted by molar-refractivity contribution is -0.136. The molecular formula is C32H38N4O8. The fraction of sp³-hybridized carbons (Fsp3) is 0.312. The van der Waals surface area contributed by atoms with E-state index in [-0.39, 0.29) is 32.0 Å². The summed E-state index contributed by atoms with van der Waals surface area (Å²) in [5.41, 5.74) is 2.08. The van der Waals surface area contributed by atoms with Gasteiger partial charge in [-0.1, -0.05) is 36.4 Å². The summed E-state index contributed by atoms with van der Waals surface area (Å²) in [6.07, 6.45) is -0.920. The van der Waals surface area contributed by atoms with E-state index in [9.17, 15) is 19.2 Å². The lowest BCUT2D eigenvalue weighted by Gasteiger charge is -2.28. The number of hydrogen-bond acceptors (Lipinski definition) is 7. The molecule has 4 amide bonds. The number of amides is 4. The van der Waals surface area contributed by atoms with Gasteiger partial charge in [-0.3, -0.25) is 14.4 Å². The fourth-order valence-corrected chi connectivity index (χ4v) is 4.16. The third kappa shape index (κ3) is 10.7. The zero-order valence-corrected chi connectivity index (χ0v) is 25.0. The molecule has 3 aromatic carbocycles. The SMILES string of the molecule is CCOC(CN(C(=O)CNC(=O)Nc1cccc(CC(=O)O)c1)c1cccc(OCC(=O)N(C)c2ccccc2)c1)OCC. The van der Waals surface area contributed by atoms with E-state index in [2.05, 4.69) is 10.6 Å². The Morgan fingerprint density at radius 1 is 0.841 bits per heavy atom. The molecule has 0 aliphatic heterocycles. The number of rotatable bonds is 16. The van der Waals surface area contributed by atoms with Crippen LogP contribution in [0.3, 0.4) is 0 Å². The molecule has 3 aromatic rings. The Balaban J connectivity index is 1.70. The van der Waals surface area contributed by atoms with Gasteiger partial charge in [0.2, 0.25) is 5.91 Å². The number of carboxylic acid groups (broad SMARTS) is 1. The van der Waals surface area contributed by atoms with E-state index in [0.717, 1.165) is 5.69 Å². The maximum atomic E-state index is 13.4. The van der Waals surface area contributed by atoms with Gasteiger partial charge in [0.15, 0.2) is 12.9 Å². The Bertz CT molecular complexity index is 1400. The first kappa shape index (κ1) is 33.6. The van der Waals surface area contributed by atoms with Gasteiger partial charge in [0.25, 0.3) is 5.91 Å². The van der Waals surface area contributed by atoms with Gasteiger partial charge in [0, 0.05) is 43.4 Å². The van der Waals surface area contributed by atoms with Gasteiger partial charge in [-0.2, -0.15) is 0 Å². The van der Waals surface area contributed by atoms with Crippen molar-refractivity contribution in [2.45, 2.75) is 26.6 Å². The second-order valence-corrected chi connectivity index (χ2v) is 9.50. The standard InChI is InChI=1S/C32H38N4O8/c1-4-42-31(43-5-2)21-36(28(37)20-33-32(41)34-24-12-9-11-23(17-24)18-30(39)40)26-15-10-16-27(19-26)44-22-29(38)35(3)25-13-7-6-8-14-25/h6-17,19,31H,4-5,18,20-22H2,1-3H3,(H,39,40)(H2,33,34,41). The highest BCUT2D eigenvalue weighted by atomic mass is 16.7. The minimum Gasteiger partial charge on any atom is -0.484 e. The molecule has 0 aromatic heterocycles. The Morgan fingerprint density at radius 2 is 1.52 bits per heavy atom. The zero-order chi connectivity index (χ0) is 31.9. The van der Waals surface area contributed by atoms with Crippen molar-refractivity contribution in [1.82, 2.24) is 5.32 Å². The number of aliphatic carboxylic acids is 1. The Hall–Kier alpha value is -4.94. The maximum Gasteiger partial charge on any atom is 0.319 e. The molecule has 234 valence electrons. The summed E-state index contributed by atoms with van der Waals surface area (Å²) in [5, 5.41) is 14.2. The minimum atomic E-state index is -0.990. The van der Waals surface area contributed by atoms with E-state index in [4.69, 9.17) is 19.3 Å². The molecule has 0 atom stereocenters. The summed E-state index contributed by atoms with van der Waals surface area (Å²) >= 11 is 0. The minimum absolute atomic E-state index is 0.0280. The van der Waals surface area contributed by atoms with Crippen LogP contribution in [0.25, 0.3) is 0 Å². The van der Waals surface area contributed by atoms with Crippen molar-refractivity contribution in [1.29, 1.82) is 0 Å². The lowest BCUT2D eigenvalue weighted by atomic mass is 10.1. The van der Waals surface area contributed by atoms with Crippen LogP contribution in [0.2, 0.25) is 0 Å². The summed E-state index contributed by atoms with van der Waals surface area (Å²) in [5.74, 6) is -1.34. The highest BCUT2D eigenvalue weighted by molar-refractivity contribution is 5.99. The van der Waals surface area contributed by atoms with E-state index in [1.165, 1.54) is 9.80 Å². The predicted octanol–water partition coefficient (Wildman–Crippen LogP) is 3.91. The Morgan fingerprint density at radius 3 is 2.20 bits per heavy atom. The molecule has 0 aliphatic carbocycles. The number of urea groups is 1. The number of carbonyl (C=O) groups is 4. The highest BCUT2D eigenvalue weighted by Crippen LogP contribution is 2.23. The number of benzene rings is 3. The smallest absolute Gasteiger partial charge is 0.319 e. The van der Waals surface area contributed by atoms with Gasteiger partial charge in [0.05, 0.1) is 19.5 Å². The molecule has 12 nitrogen and oxygen atoms in total. The summed E-state index contributed by atoms with van der Waals surface area (Å²) in [6.45, 7) is 3.78. The van der Waals surface area contributed by atoms with E-state index in [0.29, 0.717) is 35.9 Å². The van der Waals surface area contributed by atoms with Crippen LogP contribution in [-0.2, 0) is 30.3 Å². The van der Waals surface area contributed by atoms with Gasteiger partial charge in [-0.15, -0.1) is 0 Å². The first-order valence-corrected chi connectivity index (χ1v) is 14.1. The van der Waals surface area contributed by atoms with Crippen LogP contribution >= 0.6 is 0 Å². The quantitative estimate of drug-likeness (QED) is 0.208. The summed E-state index contributed by atoms with van der Waals surface area (Å²) < 4.78 is 17.1. The van der Waals surface area contributed by atoms with Gasteiger partial charge in [-0.05, 0) is 55.8 Å². The van der Waals surface area contributed by atoms with Crippen molar-refractivity contribution in [2.75, 3.05) is 55.1 Å². The first-order chi connectivity index (χ1) is 21.2. The molecule has 0 saturated heterocycles. The number of likely N-dealkylation sites (N-methyl/N-ethyl adjacent to an activating group) is 1. The molecule has 12 heteroatoms. The molecule has 3 rings (SSSR count). The van der Waals surface area contributed by atoms with Crippen molar-refractivity contribution in [2.24, 2.45) is 0 Å². The third-order valence-electron chi connectivity index (χ3n) is 6.29. The molecule has 0 unspecified atom stereocenters. The topological polar surface area (TPSA) is 147 Å². The summed E-state index contributed by atoms with van der Waals surface area (Å²) in [7, 11) is 1.66. The van der Waals surface area contributed by atoms with Crippen molar-refractivity contribution in [3.63, 3.8) is 0 Å². The second kappa shape index (κ2) is 17.2. The van der Waals surface area contributed by atoms with E-state index < -0.39 is 24.2 Å². The average Bonchev–Trinajstić information content (AvgIpc) is 3.01. The van der Waals surface area contributed by atoms with Gasteiger partial charge < -0.3 is 39.8 Å². The molecule has 0 bridgehead atoms. The number of nitrogens with zero attached hydrogens (tertiary/aromatic N) is 2. The number of nitrogens with one attached hydrogen (secondary N) is 2. The zero-order valence-electron chi connectivity index (χ0n) is 25.0. The summed E-state index contributed by atoms with van der Waals surface area (Å²) in [4.78, 5) is 52.6. The molecule has 0 aliphatic rings. The van der Waals surface area contributed by atoms with E-state index >= 15 is 0 Å². The monoisotopic (exact) mass is 606 g/mol. The molecule has 0 spiro atoms. The van der Waals surface area contributed by atoms with Crippen molar-refractivity contribution < 1.29 is 38.5 Å². The fourth-order valence-electron chi connectivity index (χ4n) is 4.16. The van der Waals surface area contributed by atoms with Crippen molar-refractivity contribution >= 4 is 40.9 Å². The van der Waals surface area contributed by atoms with Crippen molar-refractivity contribution in [3.05, 3.63) is 84.4 Å². The molecule has 0 radical (unpaired) electrons. The van der Waals surface area contributed by atoms with Gasteiger partial charge in [-0.25, -0.2) is 4.79 Å². The van der Waals surface area contributed by atoms with Gasteiger partial charge in [0.1, 0.15) is 5.75 Å². The number of para-hydroxylation sites is 1. The largest absolute Gasteiger partial charge is 0.484 e. The number of hydrogen-bond donors (Lipinski definition) is 3. The van der Waals surface area contributed by atoms with Gasteiger partial charge >= 0.3 is 12.0 Å². The van der Waals surface area contributed by atoms with Crippen LogP contribution in [0.1, 0.15) is 19.4 Å². The van der Waals surface area contributed by atoms with Crippen molar-refractivity contribution in [3.8, 4) is 5.75 Å². The molecule has 44 heavy (non-hydrogen) atoms. The highest BCUT2D eigenvalue weighted by Gasteiger charge is 2.23. The Labute approximate surface area is 256 Å². The molecule has 0 saturated carbocycles. The number of carboxylic acids is 1. The van der Waals surface area contributed by atoms with Crippen LogP contribution in [0, 0.1) is 0 Å². The first-order valence-electron chi connectivity index (χ1n) is 14.1. The molecule has 3 N–H and O–H groups in total. The molecule has 0 heterocycles. The predicted molar refractivity (Wildman–Crippen MR) is 166 cm³/mol. The normalized spacial score (nSPS) is 10.6. The summed E-state index contributed by atoms with van der Waals surface area (Å²) in [6, 6.07) is 21.7. The number of anilines is 3. The lowest BCUT2D eigenvalue weighted by Crippen LogP contribution is -2.45. The maximum absolute atomic E-state index is 13.4. The third-order valence-corrected chi connectivity index (χ3v) is 6.29. The van der Waals surface area contributed by atoms with Crippen LogP contribution in [0.4, 0.5) is 21.9 Å². The van der Waals surface area contributed by atoms with Crippen LogP contribution in [-0.4, -0.2) is 75.2 Å². The van der Waals surface area contributed by atoms with Crippen LogP contribution in [0.5, 0.6) is 5.75 Å². The van der Waals surface area contributed by atoms with E-state index in [1.807, 2.05) is 44.2 Å². The molecular weight excluding hydrogens is 568 g/mol. The number of ether oxygens (including phenoxy) is 3. The Kier molecular flexibility index (Phi) is 13.2. The number of carbonyl (C=O) groups excluding carboxylic acids is 3. The van der Waals surface area contributed by atoms with Crippen LogP contribution < -0.4 is 25.2 Å². The second-order valence-electron chi connectivity index (χ2n) is 9.50. The average molecular weight is 607 g/mol. The molecule has 0 fully saturated rings. The van der Waals surface area contributed by atoms with E-state index in [1.54, 1.807) is 55.6 Å².